The molecule has 0 aromatic carbocycles. The zero-order valence-corrected chi connectivity index (χ0v) is 14.2. The van der Waals surface area contributed by atoms with Gasteiger partial charge in [0.25, 0.3) is 0 Å². The molecule has 0 aliphatic carbocycles. The summed E-state index contributed by atoms with van der Waals surface area (Å²) in [6.45, 7) is 5.06. The van der Waals surface area contributed by atoms with Crippen molar-refractivity contribution in [1.82, 2.24) is 19.9 Å². The largest absolute Gasteiger partial charge is 0.378 e. The minimum absolute atomic E-state index is 0.336. The number of aromatic nitrogens is 4. The lowest BCUT2D eigenvalue weighted by molar-refractivity contribution is 0.122. The molecule has 8 nitrogen and oxygen atoms in total. The Morgan fingerprint density at radius 3 is 2.80 bits per heavy atom. The molecule has 25 heavy (non-hydrogen) atoms. The van der Waals surface area contributed by atoms with Gasteiger partial charge in [-0.05, 0) is 18.9 Å². The second-order valence-corrected chi connectivity index (χ2v) is 6.33. The molecule has 2 aromatic heterocycles. The number of piperidine rings is 1. The van der Waals surface area contributed by atoms with Gasteiger partial charge in [0, 0.05) is 50.8 Å². The van der Waals surface area contributed by atoms with Gasteiger partial charge in [-0.3, -0.25) is 4.98 Å². The zero-order valence-electron chi connectivity index (χ0n) is 14.2. The van der Waals surface area contributed by atoms with Crippen molar-refractivity contribution < 1.29 is 4.74 Å². The molecule has 4 rings (SSSR count). The number of morpholine rings is 1. The summed E-state index contributed by atoms with van der Waals surface area (Å²) >= 11 is 0. The average molecular weight is 341 g/mol. The third-order valence-corrected chi connectivity index (χ3v) is 4.58. The van der Waals surface area contributed by atoms with Gasteiger partial charge in [-0.15, -0.1) is 0 Å². The first-order valence-electron chi connectivity index (χ1n) is 8.82. The highest BCUT2D eigenvalue weighted by Gasteiger charge is 2.22. The number of ether oxygens (including phenoxy) is 1. The quantitative estimate of drug-likeness (QED) is 0.888. The second-order valence-electron chi connectivity index (χ2n) is 6.33. The minimum Gasteiger partial charge on any atom is -0.378 e. The number of anilines is 3. The van der Waals surface area contributed by atoms with E-state index in [1.807, 2.05) is 18.5 Å². The predicted molar refractivity (Wildman–Crippen MR) is 96.0 cm³/mol. The van der Waals surface area contributed by atoms with E-state index in [1.54, 1.807) is 12.4 Å². The van der Waals surface area contributed by atoms with Crippen molar-refractivity contribution in [2.75, 3.05) is 54.5 Å². The Morgan fingerprint density at radius 2 is 1.96 bits per heavy atom. The Labute approximate surface area is 147 Å². The van der Waals surface area contributed by atoms with Gasteiger partial charge < -0.3 is 19.9 Å². The molecule has 0 radical (unpaired) electrons. The number of rotatable bonds is 4. The first-order chi connectivity index (χ1) is 12.4. The van der Waals surface area contributed by atoms with Crippen LogP contribution in [0.4, 0.5) is 17.6 Å². The second kappa shape index (κ2) is 7.60. The Balaban J connectivity index is 1.41. The average Bonchev–Trinajstić information content (AvgIpc) is 2.70. The van der Waals surface area contributed by atoms with Crippen LogP contribution in [0.2, 0.25) is 0 Å². The summed E-state index contributed by atoms with van der Waals surface area (Å²) in [4.78, 5) is 22.1. The van der Waals surface area contributed by atoms with Crippen LogP contribution in [-0.2, 0) is 4.74 Å². The fourth-order valence-corrected chi connectivity index (χ4v) is 3.31. The number of nitrogens with zero attached hydrogens (tertiary/aromatic N) is 6. The molecule has 2 saturated heterocycles. The van der Waals surface area contributed by atoms with E-state index >= 15 is 0 Å². The van der Waals surface area contributed by atoms with Crippen LogP contribution in [0.5, 0.6) is 0 Å². The van der Waals surface area contributed by atoms with Crippen molar-refractivity contribution in [3.8, 4) is 0 Å². The third kappa shape index (κ3) is 3.96. The van der Waals surface area contributed by atoms with Gasteiger partial charge in [0.2, 0.25) is 5.95 Å². The van der Waals surface area contributed by atoms with Crippen molar-refractivity contribution in [3.05, 3.63) is 30.9 Å². The molecule has 2 aromatic rings. The van der Waals surface area contributed by atoms with Crippen molar-refractivity contribution in [3.63, 3.8) is 0 Å². The molecule has 0 amide bonds. The third-order valence-electron chi connectivity index (χ3n) is 4.58. The van der Waals surface area contributed by atoms with E-state index in [9.17, 15) is 0 Å². The van der Waals surface area contributed by atoms with E-state index in [0.717, 1.165) is 69.8 Å². The van der Waals surface area contributed by atoms with Gasteiger partial charge in [0.05, 0.1) is 19.4 Å². The maximum atomic E-state index is 5.40. The van der Waals surface area contributed by atoms with E-state index in [4.69, 9.17) is 4.74 Å². The van der Waals surface area contributed by atoms with Gasteiger partial charge in [-0.2, -0.15) is 4.98 Å². The highest BCUT2D eigenvalue weighted by molar-refractivity contribution is 5.44. The molecule has 1 atom stereocenters. The highest BCUT2D eigenvalue weighted by Crippen LogP contribution is 2.20. The van der Waals surface area contributed by atoms with E-state index in [-0.39, 0.29) is 0 Å². The van der Waals surface area contributed by atoms with Crippen molar-refractivity contribution in [2.24, 2.45) is 0 Å². The Kier molecular flexibility index (Phi) is 4.87. The van der Waals surface area contributed by atoms with Crippen LogP contribution < -0.4 is 15.1 Å². The van der Waals surface area contributed by atoms with Gasteiger partial charge in [-0.25, -0.2) is 9.97 Å². The lowest BCUT2D eigenvalue weighted by atomic mass is 10.1. The summed E-state index contributed by atoms with van der Waals surface area (Å²) in [5.41, 5.74) is 0. The molecule has 132 valence electrons. The maximum absolute atomic E-state index is 5.40. The SMILES string of the molecule is c1cnc(N2CCCC(Nc3ccnc(N4CCOCC4)n3)C2)cn1. The molecular weight excluding hydrogens is 318 g/mol. The van der Waals surface area contributed by atoms with Gasteiger partial charge in [0.15, 0.2) is 0 Å². The molecule has 0 bridgehead atoms. The van der Waals surface area contributed by atoms with Crippen LogP contribution in [0.3, 0.4) is 0 Å². The summed E-state index contributed by atoms with van der Waals surface area (Å²) in [6, 6.07) is 2.27. The maximum Gasteiger partial charge on any atom is 0.227 e. The molecule has 2 aliphatic rings. The number of hydrogen-bond donors (Lipinski definition) is 1. The highest BCUT2D eigenvalue weighted by atomic mass is 16.5. The summed E-state index contributed by atoms with van der Waals surface area (Å²) in [5.74, 6) is 2.59. The lowest BCUT2D eigenvalue weighted by Crippen LogP contribution is -2.43. The van der Waals surface area contributed by atoms with Crippen LogP contribution in [0.1, 0.15) is 12.8 Å². The van der Waals surface area contributed by atoms with Crippen molar-refractivity contribution >= 4 is 17.6 Å². The van der Waals surface area contributed by atoms with E-state index in [2.05, 4.69) is 35.1 Å². The summed E-state index contributed by atoms with van der Waals surface area (Å²) in [7, 11) is 0. The topological polar surface area (TPSA) is 79.3 Å². The van der Waals surface area contributed by atoms with Crippen LogP contribution in [0, 0.1) is 0 Å². The first kappa shape index (κ1) is 16.0. The molecule has 0 spiro atoms. The summed E-state index contributed by atoms with van der Waals surface area (Å²) < 4.78 is 5.40. The minimum atomic E-state index is 0.336. The Bertz CT molecular complexity index is 678. The Hall–Kier alpha value is -2.48. The van der Waals surface area contributed by atoms with E-state index < -0.39 is 0 Å². The standard InChI is InChI=1S/C17H23N7O/c1-2-14(13-24(7-1)16-12-18-5-6-19-16)21-15-3-4-20-17(22-15)23-8-10-25-11-9-23/h3-6,12,14H,1-2,7-11,13H2,(H,20,21,22). The molecule has 4 heterocycles. The number of nitrogens with one attached hydrogen (secondary N) is 1. The number of hydrogen-bond acceptors (Lipinski definition) is 8. The summed E-state index contributed by atoms with van der Waals surface area (Å²) in [5, 5.41) is 3.56. The molecule has 2 aliphatic heterocycles. The lowest BCUT2D eigenvalue weighted by Gasteiger charge is -2.34. The molecule has 1 N–H and O–H groups in total. The van der Waals surface area contributed by atoms with E-state index in [0.29, 0.717) is 6.04 Å². The van der Waals surface area contributed by atoms with Gasteiger partial charge in [0.1, 0.15) is 11.6 Å². The van der Waals surface area contributed by atoms with Crippen LogP contribution in [0.15, 0.2) is 30.9 Å². The van der Waals surface area contributed by atoms with E-state index in [1.165, 1.54) is 0 Å². The first-order valence-corrected chi connectivity index (χ1v) is 8.82. The molecule has 0 saturated carbocycles. The van der Waals surface area contributed by atoms with Gasteiger partial charge in [-0.1, -0.05) is 0 Å². The van der Waals surface area contributed by atoms with Crippen LogP contribution in [0.25, 0.3) is 0 Å². The smallest absolute Gasteiger partial charge is 0.227 e. The zero-order chi connectivity index (χ0) is 16.9. The molecular formula is C17H23N7O. The monoisotopic (exact) mass is 341 g/mol. The molecule has 1 unspecified atom stereocenters. The fourth-order valence-electron chi connectivity index (χ4n) is 3.31. The summed E-state index contributed by atoms with van der Waals surface area (Å²) in [6.07, 6.45) is 9.33. The van der Waals surface area contributed by atoms with Gasteiger partial charge >= 0.3 is 0 Å². The fraction of sp³-hybridized carbons (Fsp3) is 0.529. The predicted octanol–water partition coefficient (Wildman–Crippen LogP) is 1.18. The normalized spacial score (nSPS) is 21.2. The van der Waals surface area contributed by atoms with Crippen LogP contribution >= 0.6 is 0 Å². The molecule has 2 fully saturated rings. The molecule has 8 heteroatoms. The van der Waals surface area contributed by atoms with Crippen molar-refractivity contribution in [1.29, 1.82) is 0 Å². The van der Waals surface area contributed by atoms with Crippen molar-refractivity contribution in [2.45, 2.75) is 18.9 Å². The Morgan fingerprint density at radius 1 is 1.04 bits per heavy atom. The van der Waals surface area contributed by atoms with Crippen LogP contribution in [-0.4, -0.2) is 65.4 Å².